The van der Waals surface area contributed by atoms with Crippen LogP contribution in [-0.2, 0) is 10.8 Å². The summed E-state index contributed by atoms with van der Waals surface area (Å²) in [4.78, 5) is 2.56. The predicted molar refractivity (Wildman–Crippen MR) is 262 cm³/mol. The Labute approximate surface area is 372 Å². The van der Waals surface area contributed by atoms with E-state index in [1.807, 2.05) is 0 Å². The highest BCUT2D eigenvalue weighted by Gasteiger charge is 2.53. The summed E-state index contributed by atoms with van der Waals surface area (Å²) in [5.74, 6) is 0. The second-order valence-corrected chi connectivity index (χ2v) is 17.4. The molecule has 0 fully saturated rings. The van der Waals surface area contributed by atoms with Gasteiger partial charge in [0.1, 0.15) is 11.2 Å². The first-order valence-corrected chi connectivity index (χ1v) is 22.3. The zero-order chi connectivity index (χ0) is 42.0. The van der Waals surface area contributed by atoms with E-state index >= 15 is 0 Å². The summed E-state index contributed by atoms with van der Waals surface area (Å²) >= 11 is 0. The number of nitrogens with zero attached hydrogens (tertiary/aromatic N) is 1. The summed E-state index contributed by atoms with van der Waals surface area (Å²) in [6.45, 7) is 0. The number of anilines is 3. The largest absolute Gasteiger partial charge is 0.456 e. The van der Waals surface area contributed by atoms with E-state index < -0.39 is 10.8 Å². The normalized spacial score (nSPS) is 14.2. The van der Waals surface area contributed by atoms with Crippen LogP contribution in [0.2, 0.25) is 0 Å². The Hall–Kier alpha value is -8.20. The number of benzene rings is 10. The molecule has 1 heterocycles. The maximum absolute atomic E-state index is 6.89. The number of para-hydroxylation sites is 2. The molecule has 0 N–H and O–H groups in total. The van der Waals surface area contributed by atoms with E-state index in [9.17, 15) is 0 Å². The van der Waals surface area contributed by atoms with Crippen molar-refractivity contribution in [3.63, 3.8) is 0 Å². The molecule has 1 spiro atoms. The average molecular weight is 814 g/mol. The SMILES string of the molecule is c1ccc(N(c2cccc3c2-c2ccccc2C32c3ccccc3-c3ccccc32)c2ccc3oc4ccccc4c3c2C2(c3ccccc3)c3ccccc3-c3ccccc32)cc1. The molecule has 0 saturated carbocycles. The molecule has 0 bridgehead atoms. The molecule has 14 rings (SSSR count). The van der Waals surface area contributed by atoms with Crippen LogP contribution in [-0.4, -0.2) is 0 Å². The Balaban J connectivity index is 1.17. The first kappa shape index (κ1) is 35.4. The molecule has 298 valence electrons. The summed E-state index contributed by atoms with van der Waals surface area (Å²) < 4.78 is 6.89. The number of furan rings is 1. The molecule has 0 unspecified atom stereocenters. The second kappa shape index (κ2) is 13.2. The van der Waals surface area contributed by atoms with Gasteiger partial charge in [0.15, 0.2) is 0 Å². The van der Waals surface area contributed by atoms with Crippen molar-refractivity contribution in [1.82, 2.24) is 0 Å². The molecular formula is C62H39NO. The zero-order valence-electron chi connectivity index (χ0n) is 34.9. The summed E-state index contributed by atoms with van der Waals surface area (Å²) in [5.41, 5.74) is 21.6. The Morgan fingerprint density at radius 3 is 1.39 bits per heavy atom. The van der Waals surface area contributed by atoms with Gasteiger partial charge < -0.3 is 9.32 Å². The van der Waals surface area contributed by atoms with Crippen LogP contribution >= 0.6 is 0 Å². The molecule has 2 heteroatoms. The van der Waals surface area contributed by atoms with Crippen LogP contribution in [0.5, 0.6) is 0 Å². The Morgan fingerprint density at radius 2 is 0.781 bits per heavy atom. The molecule has 11 aromatic rings. The molecule has 64 heavy (non-hydrogen) atoms. The van der Waals surface area contributed by atoms with Gasteiger partial charge in [-0.05, 0) is 103 Å². The van der Waals surface area contributed by atoms with Gasteiger partial charge in [-0.1, -0.05) is 200 Å². The molecule has 0 saturated heterocycles. The summed E-state index contributed by atoms with van der Waals surface area (Å²) in [7, 11) is 0. The lowest BCUT2D eigenvalue weighted by Gasteiger charge is -2.39. The van der Waals surface area contributed by atoms with Gasteiger partial charge in [-0.25, -0.2) is 0 Å². The van der Waals surface area contributed by atoms with E-state index in [4.69, 9.17) is 4.42 Å². The van der Waals surface area contributed by atoms with Crippen LogP contribution in [0.25, 0.3) is 55.3 Å². The van der Waals surface area contributed by atoms with E-state index in [1.165, 1.54) is 77.9 Å². The van der Waals surface area contributed by atoms with Crippen molar-refractivity contribution < 1.29 is 4.42 Å². The van der Waals surface area contributed by atoms with E-state index in [0.717, 1.165) is 39.0 Å². The minimum Gasteiger partial charge on any atom is -0.456 e. The van der Waals surface area contributed by atoms with Crippen LogP contribution in [0.1, 0.15) is 44.5 Å². The summed E-state index contributed by atoms with van der Waals surface area (Å²) in [5, 5.41) is 2.22. The standard InChI is InChI=1S/C62H39NO/c1-3-20-40(21-4-1)61(48-30-13-7-24-42(48)43-25-8-14-31-49(43)61)60-55(38-39-57-59(60)47-29-12-18-37-56(47)64-57)63(41-22-5-2-6-23-41)54-36-19-35-53-58(54)46-28-11-17-34-52(46)62(53)50-32-15-9-26-44(50)45-27-10-16-33-51(45)62/h1-39H. The van der Waals surface area contributed by atoms with Crippen LogP contribution in [0.3, 0.4) is 0 Å². The van der Waals surface area contributed by atoms with Gasteiger partial charge in [-0.3, -0.25) is 0 Å². The van der Waals surface area contributed by atoms with Crippen LogP contribution in [0.15, 0.2) is 241 Å². The third kappa shape index (κ3) is 4.39. The lowest BCUT2D eigenvalue weighted by Crippen LogP contribution is -2.31. The molecule has 1 aromatic heterocycles. The highest BCUT2D eigenvalue weighted by atomic mass is 16.3. The number of hydrogen-bond acceptors (Lipinski definition) is 2. The van der Waals surface area contributed by atoms with Crippen molar-refractivity contribution >= 4 is 39.0 Å². The van der Waals surface area contributed by atoms with Crippen molar-refractivity contribution in [1.29, 1.82) is 0 Å². The second-order valence-electron chi connectivity index (χ2n) is 17.4. The fraction of sp³-hybridized carbons (Fsp3) is 0.0323. The van der Waals surface area contributed by atoms with Gasteiger partial charge in [0, 0.05) is 27.6 Å². The fourth-order valence-corrected chi connectivity index (χ4v) is 12.3. The van der Waals surface area contributed by atoms with E-state index in [2.05, 4.69) is 241 Å². The smallest absolute Gasteiger partial charge is 0.135 e. The van der Waals surface area contributed by atoms with Gasteiger partial charge >= 0.3 is 0 Å². The summed E-state index contributed by atoms with van der Waals surface area (Å²) in [6.07, 6.45) is 0. The lowest BCUT2D eigenvalue weighted by molar-refractivity contribution is 0.667. The predicted octanol–water partition coefficient (Wildman–Crippen LogP) is 15.8. The minimum atomic E-state index is -0.733. The van der Waals surface area contributed by atoms with E-state index in [-0.39, 0.29) is 0 Å². The maximum atomic E-state index is 6.89. The van der Waals surface area contributed by atoms with Gasteiger partial charge in [-0.2, -0.15) is 0 Å². The topological polar surface area (TPSA) is 16.4 Å². The van der Waals surface area contributed by atoms with Crippen molar-refractivity contribution in [2.45, 2.75) is 10.8 Å². The van der Waals surface area contributed by atoms with Crippen molar-refractivity contribution in [2.24, 2.45) is 0 Å². The first-order chi connectivity index (χ1) is 31.8. The third-order valence-corrected chi connectivity index (χ3v) is 14.6. The highest BCUT2D eigenvalue weighted by Crippen LogP contribution is 2.66. The van der Waals surface area contributed by atoms with Crippen LogP contribution in [0, 0.1) is 0 Å². The number of hydrogen-bond donors (Lipinski definition) is 0. The lowest BCUT2D eigenvalue weighted by atomic mass is 9.66. The van der Waals surface area contributed by atoms with Crippen LogP contribution < -0.4 is 4.90 Å². The van der Waals surface area contributed by atoms with Crippen LogP contribution in [0.4, 0.5) is 17.1 Å². The molecule has 0 atom stereocenters. The van der Waals surface area contributed by atoms with Gasteiger partial charge in [-0.15, -0.1) is 0 Å². The van der Waals surface area contributed by atoms with Crippen molar-refractivity contribution in [2.75, 3.05) is 4.90 Å². The molecule has 2 nitrogen and oxygen atoms in total. The Bertz CT molecular complexity index is 3600. The maximum Gasteiger partial charge on any atom is 0.135 e. The van der Waals surface area contributed by atoms with Crippen molar-refractivity contribution in [3.05, 3.63) is 281 Å². The Morgan fingerprint density at radius 1 is 0.312 bits per heavy atom. The van der Waals surface area contributed by atoms with Crippen molar-refractivity contribution in [3.8, 4) is 33.4 Å². The minimum absolute atomic E-state index is 0.486. The van der Waals surface area contributed by atoms with Gasteiger partial charge in [0.2, 0.25) is 0 Å². The number of fused-ring (bicyclic) bond motifs is 16. The molecular weight excluding hydrogens is 775 g/mol. The van der Waals surface area contributed by atoms with E-state index in [1.54, 1.807) is 0 Å². The molecule has 0 amide bonds. The fourth-order valence-electron chi connectivity index (χ4n) is 12.3. The molecule has 10 aromatic carbocycles. The van der Waals surface area contributed by atoms with Gasteiger partial charge in [0.05, 0.1) is 22.2 Å². The molecule has 3 aliphatic carbocycles. The molecule has 3 aliphatic rings. The average Bonchev–Trinajstić information content (AvgIpc) is 4.08. The molecule has 0 aliphatic heterocycles. The third-order valence-electron chi connectivity index (χ3n) is 14.6. The quantitative estimate of drug-likeness (QED) is 0.172. The highest BCUT2D eigenvalue weighted by molar-refractivity contribution is 6.12. The van der Waals surface area contributed by atoms with E-state index in [0.29, 0.717) is 0 Å². The molecule has 0 radical (unpaired) electrons. The first-order valence-electron chi connectivity index (χ1n) is 22.3. The number of rotatable bonds is 5. The summed E-state index contributed by atoms with van der Waals surface area (Å²) in [6, 6.07) is 87.7. The Kier molecular flexibility index (Phi) is 7.28. The van der Waals surface area contributed by atoms with Gasteiger partial charge in [0.25, 0.3) is 0 Å². The zero-order valence-corrected chi connectivity index (χ0v) is 34.9. The monoisotopic (exact) mass is 813 g/mol.